The molecule has 13 heteroatoms. The molecule has 1 aliphatic rings. The van der Waals surface area contributed by atoms with Crippen LogP contribution in [0.4, 0.5) is 13.2 Å². The van der Waals surface area contributed by atoms with Gasteiger partial charge in [-0.25, -0.2) is 22.8 Å². The minimum absolute atomic E-state index is 0.0145. The molecule has 0 spiro atoms. The van der Waals surface area contributed by atoms with E-state index >= 15 is 0 Å². The highest BCUT2D eigenvalue weighted by atomic mass is 35.5. The number of nitrogens with zero attached hydrogens (tertiary/aromatic N) is 4. The molecule has 2 unspecified atom stereocenters. The average molecular weight is 489 g/mol. The van der Waals surface area contributed by atoms with Crippen molar-refractivity contribution in [2.75, 3.05) is 6.61 Å². The number of aliphatic hydroxyl groups is 3. The summed E-state index contributed by atoms with van der Waals surface area (Å²) in [6.45, 7) is -0.547. The van der Waals surface area contributed by atoms with Gasteiger partial charge in [0.1, 0.15) is 40.6 Å². The smallest absolute Gasteiger partial charge is 0.194 e. The van der Waals surface area contributed by atoms with Gasteiger partial charge in [-0.1, -0.05) is 28.6 Å². The number of thioether (sulfide) groups is 1. The molecule has 1 fully saturated rings. The zero-order valence-corrected chi connectivity index (χ0v) is 17.6. The summed E-state index contributed by atoms with van der Waals surface area (Å²) in [5.41, 5.74) is -1.04. The minimum atomic E-state index is -1.61. The molecule has 0 saturated carbocycles. The fourth-order valence-electron chi connectivity index (χ4n) is 3.33. The van der Waals surface area contributed by atoms with Crippen molar-refractivity contribution in [3.8, 4) is 11.3 Å². The van der Waals surface area contributed by atoms with Gasteiger partial charge < -0.3 is 20.1 Å². The molecule has 3 N–H and O–H groups in total. The third-order valence-corrected chi connectivity index (χ3v) is 6.25. The molecule has 5 atom stereocenters. The van der Waals surface area contributed by atoms with Crippen LogP contribution < -0.4 is 0 Å². The molecule has 8 nitrogen and oxygen atoms in total. The topological polar surface area (TPSA) is 114 Å². The molecule has 4 rings (SSSR count). The van der Waals surface area contributed by atoms with Crippen molar-refractivity contribution in [1.29, 1.82) is 0 Å². The van der Waals surface area contributed by atoms with Gasteiger partial charge in [-0.05, 0) is 24.3 Å². The maximum absolute atomic E-state index is 13.6. The summed E-state index contributed by atoms with van der Waals surface area (Å²) in [6, 6.07) is 3.60. The van der Waals surface area contributed by atoms with Crippen LogP contribution in [0.1, 0.15) is 6.04 Å². The molecule has 0 bridgehead atoms. The second kappa shape index (κ2) is 9.33. The predicted octanol–water partition coefficient (Wildman–Crippen LogP) is 2.18. The Balaban J connectivity index is 1.64. The number of hydrogen-bond acceptors (Lipinski definition) is 8. The first-order valence-corrected chi connectivity index (χ1v) is 10.5. The van der Waals surface area contributed by atoms with Crippen LogP contribution in [0.2, 0.25) is 5.15 Å². The van der Waals surface area contributed by atoms with E-state index in [-0.39, 0.29) is 16.4 Å². The van der Waals surface area contributed by atoms with E-state index in [1.807, 2.05) is 0 Å². The standard InChI is InChI=1S/C19H16ClF3N4O4S/c20-14-5-9(1-2-24-14)32-19-18(30)16(17(29)13(7-28)31-19)27-6-12(25-26-27)8-3-10(21)15(23)11(22)4-8/h1-6,13,16-19,28-30H,7H2/t13?,16-,17-,18?,19+/m0/s1. The number of aromatic nitrogens is 4. The first kappa shape index (κ1) is 23.0. The highest BCUT2D eigenvalue weighted by molar-refractivity contribution is 7.99. The van der Waals surface area contributed by atoms with Gasteiger partial charge in [0.2, 0.25) is 0 Å². The normalized spacial score (nSPS) is 25.8. The molecular weight excluding hydrogens is 473 g/mol. The highest BCUT2D eigenvalue weighted by Crippen LogP contribution is 2.38. The highest BCUT2D eigenvalue weighted by Gasteiger charge is 2.46. The van der Waals surface area contributed by atoms with E-state index in [9.17, 15) is 28.5 Å². The van der Waals surface area contributed by atoms with Crippen LogP contribution in [0.3, 0.4) is 0 Å². The molecule has 170 valence electrons. The molecule has 1 aliphatic heterocycles. The summed E-state index contributed by atoms with van der Waals surface area (Å²) in [6.07, 6.45) is -1.06. The van der Waals surface area contributed by atoms with Crippen molar-refractivity contribution in [3.63, 3.8) is 0 Å². The Kier molecular flexibility index (Phi) is 6.70. The number of aliphatic hydroxyl groups excluding tert-OH is 3. The number of hydrogen-bond donors (Lipinski definition) is 3. The molecule has 0 amide bonds. The van der Waals surface area contributed by atoms with E-state index in [4.69, 9.17) is 16.3 Å². The van der Waals surface area contributed by atoms with E-state index in [2.05, 4.69) is 15.3 Å². The zero-order chi connectivity index (χ0) is 23.0. The quantitative estimate of drug-likeness (QED) is 0.370. The number of benzene rings is 1. The number of halogens is 4. The number of pyridine rings is 1. The SMILES string of the molecule is OCC1O[C@H](Sc2ccnc(Cl)c2)C(O)[C@@H](n2cc(-c3cc(F)c(F)c(F)c3)nn2)[C@H]1O. The second-order valence-corrected chi connectivity index (χ2v) is 8.53. The molecule has 2 aromatic heterocycles. The van der Waals surface area contributed by atoms with Gasteiger partial charge in [0, 0.05) is 16.7 Å². The van der Waals surface area contributed by atoms with Crippen LogP contribution in [-0.2, 0) is 4.74 Å². The van der Waals surface area contributed by atoms with Gasteiger partial charge in [0.05, 0.1) is 12.8 Å². The zero-order valence-electron chi connectivity index (χ0n) is 16.0. The van der Waals surface area contributed by atoms with E-state index in [1.165, 1.54) is 12.4 Å². The Labute approximate surface area is 188 Å². The first-order valence-electron chi connectivity index (χ1n) is 9.26. The van der Waals surface area contributed by atoms with E-state index in [1.54, 1.807) is 12.1 Å². The van der Waals surface area contributed by atoms with Crippen LogP contribution >= 0.6 is 23.4 Å². The minimum Gasteiger partial charge on any atom is -0.394 e. The Morgan fingerprint density at radius 3 is 2.50 bits per heavy atom. The number of ether oxygens (including phenoxy) is 1. The Morgan fingerprint density at radius 2 is 1.84 bits per heavy atom. The van der Waals surface area contributed by atoms with Crippen LogP contribution in [0.5, 0.6) is 0 Å². The van der Waals surface area contributed by atoms with E-state index in [0.717, 1.165) is 28.6 Å². The predicted molar refractivity (Wildman–Crippen MR) is 107 cm³/mol. The molecule has 1 aromatic carbocycles. The molecule has 3 heterocycles. The van der Waals surface area contributed by atoms with Gasteiger partial charge in [0.25, 0.3) is 0 Å². The summed E-state index contributed by atoms with van der Waals surface area (Å²) >= 11 is 6.98. The van der Waals surface area contributed by atoms with Gasteiger partial charge in [-0.2, -0.15) is 0 Å². The van der Waals surface area contributed by atoms with Crippen molar-refractivity contribution >= 4 is 23.4 Å². The second-order valence-electron chi connectivity index (χ2n) is 6.97. The van der Waals surface area contributed by atoms with E-state index < -0.39 is 53.8 Å². The summed E-state index contributed by atoms with van der Waals surface area (Å²) in [5.74, 6) is -4.40. The van der Waals surface area contributed by atoms with Crippen LogP contribution in [-0.4, -0.2) is 65.7 Å². The van der Waals surface area contributed by atoms with Crippen LogP contribution in [0, 0.1) is 17.5 Å². The fraction of sp³-hybridized carbons (Fsp3) is 0.316. The monoisotopic (exact) mass is 488 g/mol. The summed E-state index contributed by atoms with van der Waals surface area (Å²) in [7, 11) is 0. The molecule has 32 heavy (non-hydrogen) atoms. The maximum Gasteiger partial charge on any atom is 0.194 e. The third-order valence-electron chi connectivity index (χ3n) is 4.89. The summed E-state index contributed by atoms with van der Waals surface area (Å²) in [5, 5.41) is 39.1. The van der Waals surface area contributed by atoms with Crippen molar-refractivity contribution in [2.24, 2.45) is 0 Å². The van der Waals surface area contributed by atoms with Gasteiger partial charge in [-0.3, -0.25) is 0 Å². The summed E-state index contributed by atoms with van der Waals surface area (Å²) in [4.78, 5) is 4.50. The van der Waals surface area contributed by atoms with Crippen molar-refractivity contribution < 1.29 is 33.2 Å². The fourth-order valence-corrected chi connectivity index (χ4v) is 4.65. The lowest BCUT2D eigenvalue weighted by molar-refractivity contribution is -0.178. The van der Waals surface area contributed by atoms with Gasteiger partial charge in [-0.15, -0.1) is 5.10 Å². The third kappa shape index (κ3) is 4.47. The molecule has 3 aromatic rings. The van der Waals surface area contributed by atoms with Crippen LogP contribution in [0.15, 0.2) is 41.6 Å². The lowest BCUT2D eigenvalue weighted by Gasteiger charge is -2.41. The molecule has 0 radical (unpaired) electrons. The van der Waals surface area contributed by atoms with Gasteiger partial charge >= 0.3 is 0 Å². The number of rotatable bonds is 5. The summed E-state index contributed by atoms with van der Waals surface area (Å²) < 4.78 is 47.2. The van der Waals surface area contributed by atoms with E-state index in [0.29, 0.717) is 4.90 Å². The Hall–Kier alpha value is -2.22. The van der Waals surface area contributed by atoms with Crippen molar-refractivity contribution in [1.82, 2.24) is 20.0 Å². The molecule has 1 saturated heterocycles. The Bertz CT molecular complexity index is 1100. The molecular formula is C19H16ClF3N4O4S. The lowest BCUT2D eigenvalue weighted by Crippen LogP contribution is -2.55. The van der Waals surface area contributed by atoms with Gasteiger partial charge in [0.15, 0.2) is 17.5 Å². The van der Waals surface area contributed by atoms with Crippen molar-refractivity contribution in [3.05, 3.63) is 59.3 Å². The molecule has 0 aliphatic carbocycles. The largest absolute Gasteiger partial charge is 0.394 e. The van der Waals surface area contributed by atoms with Crippen molar-refractivity contribution in [2.45, 2.75) is 34.7 Å². The first-order chi connectivity index (χ1) is 15.3. The van der Waals surface area contributed by atoms with Crippen LogP contribution in [0.25, 0.3) is 11.3 Å². The Morgan fingerprint density at radius 1 is 1.12 bits per heavy atom. The maximum atomic E-state index is 13.6. The lowest BCUT2D eigenvalue weighted by atomic mass is 9.97. The average Bonchev–Trinajstić information content (AvgIpc) is 3.23.